The minimum atomic E-state index is 0.687. The van der Waals surface area contributed by atoms with Crippen LogP contribution in [0.5, 0.6) is 0 Å². The average molecular weight is 231 g/mol. The summed E-state index contributed by atoms with van der Waals surface area (Å²) in [7, 11) is 0. The summed E-state index contributed by atoms with van der Waals surface area (Å²) >= 11 is 0. The molecule has 3 heterocycles. The van der Waals surface area contributed by atoms with E-state index >= 15 is 0 Å². The van der Waals surface area contributed by atoms with E-state index in [1.807, 2.05) is 22.7 Å². The Morgan fingerprint density at radius 2 is 2.06 bits per heavy atom. The third-order valence-electron chi connectivity index (χ3n) is 3.39. The van der Waals surface area contributed by atoms with E-state index in [2.05, 4.69) is 15.1 Å². The van der Waals surface area contributed by atoms with Crippen LogP contribution in [0, 0.1) is 0 Å². The van der Waals surface area contributed by atoms with Crippen molar-refractivity contribution in [2.75, 3.05) is 25.4 Å². The third-order valence-corrected chi connectivity index (χ3v) is 3.39. The van der Waals surface area contributed by atoms with Gasteiger partial charge in [0.25, 0.3) is 0 Å². The van der Waals surface area contributed by atoms with Crippen LogP contribution in [0.15, 0.2) is 18.3 Å². The van der Waals surface area contributed by atoms with Gasteiger partial charge >= 0.3 is 0 Å². The fourth-order valence-corrected chi connectivity index (χ4v) is 2.42. The van der Waals surface area contributed by atoms with Gasteiger partial charge in [0.2, 0.25) is 0 Å². The number of anilines is 1. The van der Waals surface area contributed by atoms with Gasteiger partial charge in [-0.05, 0) is 38.1 Å². The van der Waals surface area contributed by atoms with Crippen LogP contribution in [0.4, 0.5) is 5.69 Å². The van der Waals surface area contributed by atoms with E-state index in [1.54, 1.807) is 0 Å². The second-order valence-electron chi connectivity index (χ2n) is 4.57. The highest BCUT2D eigenvalue weighted by Gasteiger charge is 2.13. The summed E-state index contributed by atoms with van der Waals surface area (Å²) < 4.78 is 1.99. The second kappa shape index (κ2) is 4.33. The molecule has 0 aromatic carbocycles. The van der Waals surface area contributed by atoms with Crippen molar-refractivity contribution in [3.8, 4) is 0 Å². The summed E-state index contributed by atoms with van der Waals surface area (Å²) in [6.45, 7) is 3.51. The van der Waals surface area contributed by atoms with Crippen molar-refractivity contribution < 1.29 is 0 Å². The molecule has 17 heavy (non-hydrogen) atoms. The Bertz CT molecular complexity index is 513. The van der Waals surface area contributed by atoms with Crippen molar-refractivity contribution >= 4 is 11.3 Å². The van der Waals surface area contributed by atoms with E-state index in [-0.39, 0.29) is 0 Å². The van der Waals surface area contributed by atoms with Crippen LogP contribution in [0.1, 0.15) is 18.7 Å². The summed E-state index contributed by atoms with van der Waals surface area (Å²) in [5, 5.41) is 8.36. The number of hydrogen-bond donors (Lipinski definition) is 1. The second-order valence-corrected chi connectivity index (χ2v) is 4.57. The number of rotatable bonds is 3. The van der Waals surface area contributed by atoms with E-state index < -0.39 is 0 Å². The Kier molecular flexibility index (Phi) is 2.68. The zero-order chi connectivity index (χ0) is 11.7. The summed E-state index contributed by atoms with van der Waals surface area (Å²) in [6.07, 6.45) is 5.57. The van der Waals surface area contributed by atoms with Crippen LogP contribution in [0.25, 0.3) is 5.65 Å². The summed E-state index contributed by atoms with van der Waals surface area (Å²) in [4.78, 5) is 2.48. The molecule has 1 fully saturated rings. The molecule has 1 aliphatic heterocycles. The van der Waals surface area contributed by atoms with Gasteiger partial charge in [-0.15, -0.1) is 10.2 Å². The third kappa shape index (κ3) is 1.98. The first-order valence-electron chi connectivity index (χ1n) is 6.15. The van der Waals surface area contributed by atoms with Crippen molar-refractivity contribution in [3.63, 3.8) is 0 Å². The molecule has 5 heteroatoms. The molecule has 5 nitrogen and oxygen atoms in total. The van der Waals surface area contributed by atoms with Crippen LogP contribution >= 0.6 is 0 Å². The van der Waals surface area contributed by atoms with E-state index in [9.17, 15) is 0 Å². The molecular weight excluding hydrogens is 214 g/mol. The number of hydrogen-bond acceptors (Lipinski definition) is 4. The van der Waals surface area contributed by atoms with Crippen LogP contribution in [0.2, 0.25) is 0 Å². The molecular formula is C12H17N5. The molecule has 0 spiro atoms. The lowest BCUT2D eigenvalue weighted by Gasteiger charge is -2.13. The monoisotopic (exact) mass is 231 g/mol. The summed E-state index contributed by atoms with van der Waals surface area (Å²) in [5.41, 5.74) is 7.31. The highest BCUT2D eigenvalue weighted by molar-refractivity contribution is 5.63. The van der Waals surface area contributed by atoms with E-state index in [0.717, 1.165) is 24.4 Å². The maximum Gasteiger partial charge on any atom is 0.183 e. The average Bonchev–Trinajstić information content (AvgIpc) is 2.95. The van der Waals surface area contributed by atoms with Gasteiger partial charge in [-0.2, -0.15) is 0 Å². The van der Waals surface area contributed by atoms with Crippen molar-refractivity contribution in [2.45, 2.75) is 19.3 Å². The van der Waals surface area contributed by atoms with Crippen LogP contribution in [-0.4, -0.2) is 39.1 Å². The number of nitrogens with zero attached hydrogens (tertiary/aromatic N) is 4. The summed E-state index contributed by atoms with van der Waals surface area (Å²) in [6, 6.07) is 3.79. The number of fused-ring (bicyclic) bond motifs is 1. The molecule has 90 valence electrons. The molecule has 2 aromatic heterocycles. The Labute approximate surface area is 100 Å². The lowest BCUT2D eigenvalue weighted by molar-refractivity contribution is 0.340. The first kappa shape index (κ1) is 10.5. The van der Waals surface area contributed by atoms with Crippen LogP contribution in [-0.2, 0) is 6.42 Å². The smallest absolute Gasteiger partial charge is 0.183 e. The minimum absolute atomic E-state index is 0.687. The Morgan fingerprint density at radius 1 is 1.24 bits per heavy atom. The SMILES string of the molecule is Nc1cccn2c(CCN3CCCC3)nnc12. The molecule has 0 atom stereocenters. The van der Waals surface area contributed by atoms with Crippen molar-refractivity contribution in [1.29, 1.82) is 0 Å². The topological polar surface area (TPSA) is 59.5 Å². The predicted octanol–water partition coefficient (Wildman–Crippen LogP) is 0.950. The molecule has 2 aromatic rings. The maximum atomic E-state index is 5.85. The van der Waals surface area contributed by atoms with E-state index in [4.69, 9.17) is 5.73 Å². The molecule has 3 rings (SSSR count). The quantitative estimate of drug-likeness (QED) is 0.854. The molecule has 0 bridgehead atoms. The summed E-state index contributed by atoms with van der Waals surface area (Å²) in [5.74, 6) is 0.999. The van der Waals surface area contributed by atoms with Crippen molar-refractivity contribution in [2.24, 2.45) is 0 Å². The van der Waals surface area contributed by atoms with Gasteiger partial charge in [0, 0.05) is 19.2 Å². The Balaban J connectivity index is 1.78. The maximum absolute atomic E-state index is 5.85. The first-order valence-corrected chi connectivity index (χ1v) is 6.15. The molecule has 0 unspecified atom stereocenters. The van der Waals surface area contributed by atoms with E-state index in [1.165, 1.54) is 25.9 Å². The molecule has 0 saturated carbocycles. The van der Waals surface area contributed by atoms with E-state index in [0.29, 0.717) is 5.69 Å². The standard InChI is InChI=1S/C12H17N5/c13-10-4-3-8-17-11(14-15-12(10)17)5-9-16-6-1-2-7-16/h3-4,8H,1-2,5-7,9,13H2. The van der Waals surface area contributed by atoms with Gasteiger partial charge in [-0.25, -0.2) is 0 Å². The normalized spacial score (nSPS) is 16.9. The molecule has 0 aliphatic carbocycles. The van der Waals surface area contributed by atoms with Gasteiger partial charge in [-0.3, -0.25) is 4.40 Å². The number of pyridine rings is 1. The van der Waals surface area contributed by atoms with Gasteiger partial charge in [0.1, 0.15) is 5.82 Å². The highest BCUT2D eigenvalue weighted by Crippen LogP contribution is 2.13. The number of nitrogen functional groups attached to an aromatic ring is 1. The predicted molar refractivity (Wildman–Crippen MR) is 66.8 cm³/mol. The molecule has 1 aliphatic rings. The van der Waals surface area contributed by atoms with Crippen LogP contribution < -0.4 is 5.73 Å². The zero-order valence-electron chi connectivity index (χ0n) is 9.84. The molecule has 0 radical (unpaired) electrons. The van der Waals surface area contributed by atoms with Crippen molar-refractivity contribution in [1.82, 2.24) is 19.5 Å². The van der Waals surface area contributed by atoms with Gasteiger partial charge in [0.15, 0.2) is 5.65 Å². The number of aromatic nitrogens is 3. The van der Waals surface area contributed by atoms with Crippen molar-refractivity contribution in [3.05, 3.63) is 24.2 Å². The largest absolute Gasteiger partial charge is 0.396 e. The van der Waals surface area contributed by atoms with Crippen LogP contribution in [0.3, 0.4) is 0 Å². The molecule has 2 N–H and O–H groups in total. The zero-order valence-corrected chi connectivity index (χ0v) is 9.84. The van der Waals surface area contributed by atoms with Gasteiger partial charge < -0.3 is 10.6 Å². The first-order chi connectivity index (χ1) is 8.34. The Hall–Kier alpha value is -1.62. The highest BCUT2D eigenvalue weighted by atomic mass is 15.3. The van der Waals surface area contributed by atoms with Gasteiger partial charge in [-0.1, -0.05) is 0 Å². The lowest BCUT2D eigenvalue weighted by Crippen LogP contribution is -2.22. The fourth-order valence-electron chi connectivity index (χ4n) is 2.42. The Morgan fingerprint density at radius 3 is 2.88 bits per heavy atom. The molecule has 1 saturated heterocycles. The number of likely N-dealkylation sites (tertiary alicyclic amines) is 1. The fraction of sp³-hybridized carbons (Fsp3) is 0.500. The lowest BCUT2D eigenvalue weighted by atomic mass is 10.3. The number of nitrogens with two attached hydrogens (primary N) is 1. The van der Waals surface area contributed by atoms with Gasteiger partial charge in [0.05, 0.1) is 5.69 Å². The minimum Gasteiger partial charge on any atom is -0.396 e. The molecule has 0 amide bonds.